The topological polar surface area (TPSA) is 85.0 Å². The Hall–Kier alpha value is -1.79. The third kappa shape index (κ3) is 3.65. The fraction of sp³-hybridized carbons (Fsp3) is 0.533. The van der Waals surface area contributed by atoms with Crippen molar-refractivity contribution >= 4 is 11.6 Å². The molecule has 6 heteroatoms. The molecule has 1 aliphatic heterocycles. The summed E-state index contributed by atoms with van der Waals surface area (Å²) in [6.45, 7) is 1.64. The van der Waals surface area contributed by atoms with Gasteiger partial charge in [0.05, 0.1) is 37.7 Å². The minimum absolute atomic E-state index is 0.0273. The summed E-state index contributed by atoms with van der Waals surface area (Å²) in [4.78, 5) is 14.3. The van der Waals surface area contributed by atoms with Crippen LogP contribution < -0.4 is 10.5 Å². The van der Waals surface area contributed by atoms with Crippen molar-refractivity contribution in [2.75, 3.05) is 39.1 Å². The van der Waals surface area contributed by atoms with Gasteiger partial charge in [0.25, 0.3) is 5.91 Å². The Kier molecular flexibility index (Phi) is 5.41. The predicted molar refractivity (Wildman–Crippen MR) is 79.4 cm³/mol. The highest BCUT2D eigenvalue weighted by molar-refractivity contribution is 6.00. The van der Waals surface area contributed by atoms with E-state index in [9.17, 15) is 4.79 Å². The van der Waals surface area contributed by atoms with Crippen molar-refractivity contribution in [2.24, 2.45) is 0 Å². The van der Waals surface area contributed by atoms with Crippen molar-refractivity contribution in [3.8, 4) is 5.75 Å². The van der Waals surface area contributed by atoms with Crippen LogP contribution in [0.5, 0.6) is 5.75 Å². The Bertz CT molecular complexity index is 485. The van der Waals surface area contributed by atoms with Crippen LogP contribution in [0.4, 0.5) is 5.69 Å². The number of carbonyl (C=O) groups is 1. The maximum atomic E-state index is 12.5. The Morgan fingerprint density at radius 1 is 1.43 bits per heavy atom. The molecular weight excluding hydrogens is 272 g/mol. The molecule has 1 aliphatic rings. The highest BCUT2D eigenvalue weighted by Crippen LogP contribution is 2.27. The van der Waals surface area contributed by atoms with Gasteiger partial charge in [-0.1, -0.05) is 6.07 Å². The number of carbonyl (C=O) groups excluding carboxylic acids is 1. The van der Waals surface area contributed by atoms with Crippen LogP contribution in [-0.4, -0.2) is 55.4 Å². The Labute approximate surface area is 124 Å². The van der Waals surface area contributed by atoms with Gasteiger partial charge in [-0.05, 0) is 25.0 Å². The van der Waals surface area contributed by atoms with Crippen molar-refractivity contribution in [3.05, 3.63) is 23.8 Å². The van der Waals surface area contributed by atoms with Crippen LogP contribution in [0.15, 0.2) is 18.2 Å². The lowest BCUT2D eigenvalue weighted by Crippen LogP contribution is -2.41. The molecule has 1 aromatic rings. The number of hydrogen-bond donors (Lipinski definition) is 2. The summed E-state index contributed by atoms with van der Waals surface area (Å²) >= 11 is 0. The average molecular weight is 294 g/mol. The number of rotatable bonds is 5. The first-order valence-corrected chi connectivity index (χ1v) is 7.11. The van der Waals surface area contributed by atoms with E-state index < -0.39 is 0 Å². The molecule has 3 N–H and O–H groups in total. The number of nitrogen functional groups attached to an aromatic ring is 1. The Morgan fingerprint density at radius 2 is 2.14 bits per heavy atom. The van der Waals surface area contributed by atoms with Crippen molar-refractivity contribution in [1.82, 2.24) is 4.90 Å². The van der Waals surface area contributed by atoms with E-state index in [0.29, 0.717) is 36.7 Å². The number of likely N-dealkylation sites (tertiary alicyclic amines) is 1. The molecule has 1 fully saturated rings. The number of aliphatic hydroxyl groups excluding tert-OH is 1. The van der Waals surface area contributed by atoms with Gasteiger partial charge >= 0.3 is 0 Å². The minimum atomic E-state index is -0.0768. The number of methoxy groups -OCH3 is 1. The number of ether oxygens (including phenoxy) is 2. The number of anilines is 1. The highest BCUT2D eigenvalue weighted by Gasteiger charge is 2.25. The molecular formula is C15H22N2O4. The van der Waals surface area contributed by atoms with E-state index in [-0.39, 0.29) is 18.6 Å². The largest absolute Gasteiger partial charge is 0.495 e. The standard InChI is InChI=1S/C15H22N2O4/c1-20-13-4-2-3-12(14(13)16)15(19)17-7-5-11(6-8-17)21-10-9-18/h2-4,11,18H,5-10,16H2,1H3. The third-order valence-corrected chi connectivity index (χ3v) is 3.69. The number of hydrogen-bond acceptors (Lipinski definition) is 5. The second kappa shape index (κ2) is 7.28. The van der Waals surface area contributed by atoms with Gasteiger partial charge in [0.1, 0.15) is 5.75 Å². The van der Waals surface area contributed by atoms with E-state index >= 15 is 0 Å². The molecule has 0 radical (unpaired) electrons. The monoisotopic (exact) mass is 294 g/mol. The highest BCUT2D eigenvalue weighted by atomic mass is 16.5. The average Bonchev–Trinajstić information content (AvgIpc) is 2.53. The lowest BCUT2D eigenvalue weighted by Gasteiger charge is -2.32. The molecule has 116 valence electrons. The van der Waals surface area contributed by atoms with Crippen LogP contribution in [0.25, 0.3) is 0 Å². The molecule has 0 aromatic heterocycles. The van der Waals surface area contributed by atoms with Gasteiger partial charge in [-0.25, -0.2) is 0 Å². The van der Waals surface area contributed by atoms with Gasteiger partial charge in [0.2, 0.25) is 0 Å². The normalized spacial score (nSPS) is 16.0. The van der Waals surface area contributed by atoms with Gasteiger partial charge in [-0.2, -0.15) is 0 Å². The molecule has 1 aromatic carbocycles. The van der Waals surface area contributed by atoms with Crippen LogP contribution in [0, 0.1) is 0 Å². The summed E-state index contributed by atoms with van der Waals surface area (Å²) in [5.41, 5.74) is 6.82. The summed E-state index contributed by atoms with van der Waals surface area (Å²) in [5, 5.41) is 8.75. The van der Waals surface area contributed by atoms with Crippen LogP contribution in [0.3, 0.4) is 0 Å². The number of nitrogens with zero attached hydrogens (tertiary/aromatic N) is 1. The first kappa shape index (κ1) is 15.6. The number of nitrogens with two attached hydrogens (primary N) is 1. The van der Waals surface area contributed by atoms with Gasteiger partial charge in [0, 0.05) is 13.1 Å². The molecule has 21 heavy (non-hydrogen) atoms. The van der Waals surface area contributed by atoms with Crippen molar-refractivity contribution < 1.29 is 19.4 Å². The quantitative estimate of drug-likeness (QED) is 0.788. The molecule has 0 saturated carbocycles. The summed E-state index contributed by atoms with van der Waals surface area (Å²) in [6.07, 6.45) is 1.66. The molecule has 0 spiro atoms. The molecule has 2 rings (SSSR count). The maximum Gasteiger partial charge on any atom is 0.256 e. The van der Waals surface area contributed by atoms with E-state index in [1.54, 1.807) is 23.1 Å². The summed E-state index contributed by atoms with van der Waals surface area (Å²) in [6, 6.07) is 5.22. The van der Waals surface area contributed by atoms with Crippen LogP contribution in [0.2, 0.25) is 0 Å². The maximum absolute atomic E-state index is 12.5. The zero-order chi connectivity index (χ0) is 15.2. The van der Waals surface area contributed by atoms with Crippen LogP contribution in [-0.2, 0) is 4.74 Å². The van der Waals surface area contributed by atoms with Crippen LogP contribution >= 0.6 is 0 Å². The fourth-order valence-corrected chi connectivity index (χ4v) is 2.52. The second-order valence-corrected chi connectivity index (χ2v) is 5.01. The van der Waals surface area contributed by atoms with E-state index in [1.807, 2.05) is 0 Å². The van der Waals surface area contributed by atoms with Crippen LogP contribution in [0.1, 0.15) is 23.2 Å². The van der Waals surface area contributed by atoms with Gasteiger partial charge in [-0.15, -0.1) is 0 Å². The number of aliphatic hydroxyl groups is 1. The van der Waals surface area contributed by atoms with E-state index in [1.165, 1.54) is 7.11 Å². The summed E-state index contributed by atoms with van der Waals surface area (Å²) < 4.78 is 10.6. The van der Waals surface area contributed by atoms with E-state index in [2.05, 4.69) is 0 Å². The lowest BCUT2D eigenvalue weighted by molar-refractivity contribution is -0.00552. The molecule has 0 unspecified atom stereocenters. The molecule has 0 aliphatic carbocycles. The van der Waals surface area contributed by atoms with E-state index in [0.717, 1.165) is 12.8 Å². The third-order valence-electron chi connectivity index (χ3n) is 3.69. The minimum Gasteiger partial charge on any atom is -0.495 e. The zero-order valence-corrected chi connectivity index (χ0v) is 12.2. The lowest BCUT2D eigenvalue weighted by atomic mass is 10.1. The summed E-state index contributed by atoms with van der Waals surface area (Å²) in [5.74, 6) is 0.439. The molecule has 0 bridgehead atoms. The SMILES string of the molecule is COc1cccc(C(=O)N2CCC(OCCO)CC2)c1N. The van der Waals surface area contributed by atoms with Crippen molar-refractivity contribution in [2.45, 2.75) is 18.9 Å². The number of benzene rings is 1. The van der Waals surface area contributed by atoms with Crippen molar-refractivity contribution in [1.29, 1.82) is 0 Å². The Balaban J connectivity index is 1.99. The summed E-state index contributed by atoms with van der Waals surface area (Å²) in [7, 11) is 1.53. The molecule has 1 saturated heterocycles. The van der Waals surface area contributed by atoms with Gasteiger partial charge < -0.3 is 25.2 Å². The second-order valence-electron chi connectivity index (χ2n) is 5.01. The fourth-order valence-electron chi connectivity index (χ4n) is 2.52. The first-order valence-electron chi connectivity index (χ1n) is 7.11. The predicted octanol–water partition coefficient (Wildman–Crippen LogP) is 0.891. The Morgan fingerprint density at radius 3 is 2.76 bits per heavy atom. The number of para-hydroxylation sites is 1. The van der Waals surface area contributed by atoms with E-state index in [4.69, 9.17) is 20.3 Å². The first-order chi connectivity index (χ1) is 10.2. The molecule has 0 atom stereocenters. The molecule has 1 heterocycles. The molecule has 6 nitrogen and oxygen atoms in total. The smallest absolute Gasteiger partial charge is 0.256 e. The number of piperidine rings is 1. The van der Waals surface area contributed by atoms with Crippen molar-refractivity contribution in [3.63, 3.8) is 0 Å². The molecule has 1 amide bonds. The number of amides is 1. The van der Waals surface area contributed by atoms with Gasteiger partial charge in [-0.3, -0.25) is 4.79 Å². The zero-order valence-electron chi connectivity index (χ0n) is 12.2. The van der Waals surface area contributed by atoms with Gasteiger partial charge in [0.15, 0.2) is 0 Å².